The molecule has 0 radical (unpaired) electrons. The van der Waals surface area contributed by atoms with Crippen LogP contribution in [0.1, 0.15) is 48.6 Å². The van der Waals surface area contributed by atoms with Crippen LogP contribution in [0.15, 0.2) is 41.8 Å². The van der Waals surface area contributed by atoms with E-state index in [1.54, 1.807) is 18.4 Å². The van der Waals surface area contributed by atoms with E-state index in [4.69, 9.17) is 4.74 Å². The van der Waals surface area contributed by atoms with Gasteiger partial charge in [-0.25, -0.2) is 0 Å². The number of carbonyl (C=O) groups excluding carboxylic acids is 1. The monoisotopic (exact) mass is 386 g/mol. The van der Waals surface area contributed by atoms with E-state index in [2.05, 4.69) is 27.7 Å². The maximum Gasteiger partial charge on any atom is 0.220 e. The first kappa shape index (κ1) is 19.9. The van der Waals surface area contributed by atoms with E-state index < -0.39 is 0 Å². The summed E-state index contributed by atoms with van der Waals surface area (Å²) < 4.78 is 5.18. The molecule has 2 aromatic rings. The zero-order chi connectivity index (χ0) is 18.9. The van der Waals surface area contributed by atoms with Gasteiger partial charge in [0.1, 0.15) is 5.75 Å². The predicted octanol–water partition coefficient (Wildman–Crippen LogP) is 4.42. The van der Waals surface area contributed by atoms with Gasteiger partial charge in [0.2, 0.25) is 5.91 Å². The Morgan fingerprint density at radius 3 is 2.52 bits per heavy atom. The molecule has 0 saturated carbocycles. The van der Waals surface area contributed by atoms with Crippen molar-refractivity contribution < 1.29 is 9.53 Å². The summed E-state index contributed by atoms with van der Waals surface area (Å²) in [6.45, 7) is 2.95. The van der Waals surface area contributed by atoms with Gasteiger partial charge in [0.05, 0.1) is 13.2 Å². The number of hydrogen-bond donors (Lipinski definition) is 1. The number of ether oxygens (including phenoxy) is 1. The van der Waals surface area contributed by atoms with Crippen molar-refractivity contribution >= 4 is 17.2 Å². The molecule has 5 heteroatoms. The van der Waals surface area contributed by atoms with Gasteiger partial charge in [-0.05, 0) is 61.5 Å². The molecule has 4 nitrogen and oxygen atoms in total. The minimum Gasteiger partial charge on any atom is -0.497 e. The predicted molar refractivity (Wildman–Crippen MR) is 111 cm³/mol. The molecule has 1 N–H and O–H groups in total. The van der Waals surface area contributed by atoms with Crippen LogP contribution >= 0.6 is 11.3 Å². The van der Waals surface area contributed by atoms with Crippen molar-refractivity contribution in [2.24, 2.45) is 0 Å². The summed E-state index contributed by atoms with van der Waals surface area (Å²) in [5.74, 6) is 0.974. The first-order valence-corrected chi connectivity index (χ1v) is 10.8. The Morgan fingerprint density at radius 1 is 1.15 bits per heavy atom. The largest absolute Gasteiger partial charge is 0.497 e. The SMILES string of the molecule is COc1ccc(CCC(=O)NCC(c2cccs2)N2CCCCCC2)cc1. The second-order valence-corrected chi connectivity index (χ2v) is 8.11. The molecular weight excluding hydrogens is 356 g/mol. The van der Waals surface area contributed by atoms with Crippen molar-refractivity contribution in [2.45, 2.75) is 44.6 Å². The Hall–Kier alpha value is -1.85. The lowest BCUT2D eigenvalue weighted by molar-refractivity contribution is -0.121. The maximum atomic E-state index is 12.4. The highest BCUT2D eigenvalue weighted by atomic mass is 32.1. The van der Waals surface area contributed by atoms with Crippen LogP contribution in [0, 0.1) is 0 Å². The number of likely N-dealkylation sites (tertiary alicyclic amines) is 1. The minimum atomic E-state index is 0.127. The van der Waals surface area contributed by atoms with Gasteiger partial charge in [-0.2, -0.15) is 0 Å². The van der Waals surface area contributed by atoms with Crippen LogP contribution in [0.4, 0.5) is 0 Å². The lowest BCUT2D eigenvalue weighted by Gasteiger charge is -2.30. The average Bonchev–Trinajstić information content (AvgIpc) is 3.10. The molecule has 1 saturated heterocycles. The number of benzene rings is 1. The van der Waals surface area contributed by atoms with Crippen molar-refractivity contribution in [3.05, 3.63) is 52.2 Å². The van der Waals surface area contributed by atoms with E-state index in [0.29, 0.717) is 19.0 Å². The summed E-state index contributed by atoms with van der Waals surface area (Å²) in [5.41, 5.74) is 1.16. The molecule has 0 bridgehead atoms. The molecule has 3 rings (SSSR count). The Kier molecular flexibility index (Phi) is 7.72. The standard InChI is InChI=1S/C22H30N2O2S/c1-26-19-11-8-18(9-12-19)10-13-22(25)23-17-20(21-7-6-16-27-21)24-14-4-2-3-5-15-24/h6-9,11-12,16,20H,2-5,10,13-15,17H2,1H3,(H,23,25). The number of hydrogen-bond acceptors (Lipinski definition) is 4. The first-order valence-electron chi connectivity index (χ1n) is 9.93. The normalized spacial score (nSPS) is 16.5. The Labute approximate surface area is 166 Å². The van der Waals surface area contributed by atoms with Crippen molar-refractivity contribution in [2.75, 3.05) is 26.7 Å². The molecule has 0 spiro atoms. The molecule has 1 aliphatic heterocycles. The van der Waals surface area contributed by atoms with E-state index in [0.717, 1.165) is 30.8 Å². The second-order valence-electron chi connectivity index (χ2n) is 7.13. The fraction of sp³-hybridized carbons (Fsp3) is 0.500. The van der Waals surface area contributed by atoms with E-state index in [9.17, 15) is 4.79 Å². The number of nitrogens with zero attached hydrogens (tertiary/aromatic N) is 1. The number of amides is 1. The topological polar surface area (TPSA) is 41.6 Å². The molecular formula is C22H30N2O2S. The number of rotatable bonds is 8. The molecule has 27 heavy (non-hydrogen) atoms. The summed E-state index contributed by atoms with van der Waals surface area (Å²) in [6, 6.07) is 12.5. The zero-order valence-corrected chi connectivity index (χ0v) is 17.0. The van der Waals surface area contributed by atoms with Gasteiger partial charge >= 0.3 is 0 Å². The molecule has 1 amide bonds. The molecule has 1 aliphatic rings. The van der Waals surface area contributed by atoms with Gasteiger partial charge in [-0.15, -0.1) is 11.3 Å². The molecule has 0 aliphatic carbocycles. The van der Waals surface area contributed by atoms with Crippen molar-refractivity contribution in [3.8, 4) is 5.75 Å². The van der Waals surface area contributed by atoms with Crippen LogP contribution in [-0.4, -0.2) is 37.6 Å². The molecule has 2 heterocycles. The third-order valence-corrected chi connectivity index (χ3v) is 6.22. The van der Waals surface area contributed by atoms with E-state index in [1.165, 1.54) is 30.6 Å². The third kappa shape index (κ3) is 6.08. The average molecular weight is 387 g/mol. The smallest absolute Gasteiger partial charge is 0.220 e. The first-order chi connectivity index (χ1) is 13.3. The van der Waals surface area contributed by atoms with Gasteiger partial charge in [0, 0.05) is 17.8 Å². The van der Waals surface area contributed by atoms with Gasteiger partial charge < -0.3 is 10.1 Å². The zero-order valence-electron chi connectivity index (χ0n) is 16.2. The van der Waals surface area contributed by atoms with E-state index >= 15 is 0 Å². The fourth-order valence-corrected chi connectivity index (χ4v) is 4.51. The molecule has 1 unspecified atom stereocenters. The lowest BCUT2D eigenvalue weighted by Crippen LogP contribution is -2.38. The van der Waals surface area contributed by atoms with Crippen LogP contribution in [0.5, 0.6) is 5.75 Å². The molecule has 1 aromatic carbocycles. The highest BCUT2D eigenvalue weighted by molar-refractivity contribution is 7.10. The second kappa shape index (κ2) is 10.5. The Morgan fingerprint density at radius 2 is 1.89 bits per heavy atom. The van der Waals surface area contributed by atoms with E-state index in [-0.39, 0.29) is 5.91 Å². The van der Waals surface area contributed by atoms with Crippen LogP contribution in [0.3, 0.4) is 0 Å². The van der Waals surface area contributed by atoms with Gasteiger partial charge in [0.15, 0.2) is 0 Å². The molecule has 1 aromatic heterocycles. The Bertz CT molecular complexity index is 677. The highest BCUT2D eigenvalue weighted by Crippen LogP contribution is 2.27. The third-order valence-electron chi connectivity index (χ3n) is 5.25. The fourth-order valence-electron chi connectivity index (χ4n) is 3.65. The van der Waals surface area contributed by atoms with Crippen LogP contribution in [0.2, 0.25) is 0 Å². The molecule has 1 atom stereocenters. The molecule has 146 valence electrons. The van der Waals surface area contributed by atoms with Crippen molar-refractivity contribution in [1.29, 1.82) is 0 Å². The number of nitrogens with one attached hydrogen (secondary N) is 1. The number of thiophene rings is 1. The highest BCUT2D eigenvalue weighted by Gasteiger charge is 2.22. The van der Waals surface area contributed by atoms with Crippen LogP contribution < -0.4 is 10.1 Å². The van der Waals surface area contributed by atoms with Gasteiger partial charge in [-0.1, -0.05) is 31.0 Å². The summed E-state index contributed by atoms with van der Waals surface area (Å²) in [7, 11) is 1.66. The lowest BCUT2D eigenvalue weighted by atomic mass is 10.1. The van der Waals surface area contributed by atoms with E-state index in [1.807, 2.05) is 24.3 Å². The van der Waals surface area contributed by atoms with Crippen molar-refractivity contribution in [1.82, 2.24) is 10.2 Å². The maximum absolute atomic E-state index is 12.4. The summed E-state index contributed by atoms with van der Waals surface area (Å²) in [6.07, 6.45) is 6.43. The number of carbonyl (C=O) groups is 1. The minimum absolute atomic E-state index is 0.127. The van der Waals surface area contributed by atoms with Gasteiger partial charge in [-0.3, -0.25) is 9.69 Å². The van der Waals surface area contributed by atoms with Crippen LogP contribution in [0.25, 0.3) is 0 Å². The van der Waals surface area contributed by atoms with Crippen LogP contribution in [-0.2, 0) is 11.2 Å². The number of methoxy groups -OCH3 is 1. The van der Waals surface area contributed by atoms with Crippen molar-refractivity contribution in [3.63, 3.8) is 0 Å². The summed E-state index contributed by atoms with van der Waals surface area (Å²) in [5, 5.41) is 5.31. The summed E-state index contributed by atoms with van der Waals surface area (Å²) >= 11 is 1.79. The quantitative estimate of drug-likeness (QED) is 0.730. The molecule has 1 fully saturated rings. The number of aryl methyl sites for hydroxylation is 1. The Balaban J connectivity index is 1.52. The summed E-state index contributed by atoms with van der Waals surface area (Å²) in [4.78, 5) is 16.3. The van der Waals surface area contributed by atoms with Gasteiger partial charge in [0.25, 0.3) is 0 Å².